The molecule has 0 aromatic heterocycles. The number of aryl methyl sites for hydroxylation is 1. The first-order chi connectivity index (χ1) is 14.0. The van der Waals surface area contributed by atoms with Crippen molar-refractivity contribution in [2.75, 3.05) is 30.4 Å². The number of carbonyl (C=O) groups excluding carboxylic acids is 1. The first-order valence-corrected chi connectivity index (χ1v) is 9.95. The molecule has 5 nitrogen and oxygen atoms in total. The summed E-state index contributed by atoms with van der Waals surface area (Å²) in [5.41, 5.74) is 3.54. The predicted molar refractivity (Wildman–Crippen MR) is 119 cm³/mol. The van der Waals surface area contributed by atoms with E-state index in [2.05, 4.69) is 24.1 Å². The van der Waals surface area contributed by atoms with Crippen LogP contribution in [0.3, 0.4) is 0 Å². The van der Waals surface area contributed by atoms with Crippen molar-refractivity contribution in [1.82, 2.24) is 0 Å². The molecule has 1 N–H and O–H groups in total. The second-order valence-electron chi connectivity index (χ2n) is 6.91. The second kappa shape index (κ2) is 10.9. The molecule has 0 aliphatic rings. The van der Waals surface area contributed by atoms with Crippen LogP contribution in [-0.4, -0.2) is 26.1 Å². The van der Waals surface area contributed by atoms with E-state index in [4.69, 9.17) is 4.74 Å². The molecule has 2 aromatic rings. The average molecular weight is 392 g/mol. The molecule has 0 radical (unpaired) electrons. The summed E-state index contributed by atoms with van der Waals surface area (Å²) in [6.45, 7) is 8.28. The molecule has 0 saturated carbocycles. The Kier molecular flexibility index (Phi) is 8.29. The number of nitriles is 1. The third kappa shape index (κ3) is 6.11. The van der Waals surface area contributed by atoms with E-state index in [1.807, 2.05) is 49.4 Å². The van der Waals surface area contributed by atoms with E-state index in [1.54, 1.807) is 19.3 Å². The van der Waals surface area contributed by atoms with Crippen LogP contribution < -0.4 is 15.0 Å². The second-order valence-corrected chi connectivity index (χ2v) is 6.91. The number of anilines is 2. The molecule has 0 bridgehead atoms. The van der Waals surface area contributed by atoms with Crippen molar-refractivity contribution in [2.45, 2.75) is 33.6 Å². The summed E-state index contributed by atoms with van der Waals surface area (Å²) >= 11 is 0. The lowest BCUT2D eigenvalue weighted by Crippen LogP contribution is -2.24. The molecule has 152 valence electrons. The van der Waals surface area contributed by atoms with Crippen molar-refractivity contribution in [2.24, 2.45) is 0 Å². The lowest BCUT2D eigenvalue weighted by molar-refractivity contribution is -0.112. The number of ether oxygens (including phenoxy) is 1. The number of carbonyl (C=O) groups is 1. The Bertz CT molecular complexity index is 889. The predicted octanol–water partition coefficient (Wildman–Crippen LogP) is 5.18. The van der Waals surface area contributed by atoms with Gasteiger partial charge >= 0.3 is 0 Å². The quantitative estimate of drug-likeness (QED) is 0.473. The number of amides is 1. The Morgan fingerprint density at radius 3 is 2.34 bits per heavy atom. The first kappa shape index (κ1) is 22.0. The minimum absolute atomic E-state index is 0.0419. The van der Waals surface area contributed by atoms with Crippen LogP contribution in [0, 0.1) is 18.3 Å². The number of nitrogens with zero attached hydrogens (tertiary/aromatic N) is 2. The van der Waals surface area contributed by atoms with Gasteiger partial charge in [0, 0.05) is 18.8 Å². The zero-order chi connectivity index (χ0) is 21.2. The van der Waals surface area contributed by atoms with Crippen LogP contribution in [0.5, 0.6) is 5.75 Å². The van der Waals surface area contributed by atoms with Crippen LogP contribution in [0.4, 0.5) is 11.4 Å². The van der Waals surface area contributed by atoms with Crippen LogP contribution in [0.15, 0.2) is 48.0 Å². The summed E-state index contributed by atoms with van der Waals surface area (Å²) in [4.78, 5) is 15.0. The zero-order valence-corrected chi connectivity index (χ0v) is 17.7. The first-order valence-electron chi connectivity index (χ1n) is 9.95. The summed E-state index contributed by atoms with van der Waals surface area (Å²) in [6.07, 6.45) is 3.77. The van der Waals surface area contributed by atoms with Gasteiger partial charge in [-0.2, -0.15) is 5.26 Å². The molecule has 0 heterocycles. The minimum Gasteiger partial charge on any atom is -0.495 e. The number of hydrogen-bond donors (Lipinski definition) is 1. The van der Waals surface area contributed by atoms with Gasteiger partial charge in [0.15, 0.2) is 0 Å². The van der Waals surface area contributed by atoms with E-state index in [9.17, 15) is 10.1 Å². The van der Waals surface area contributed by atoms with Gasteiger partial charge in [-0.1, -0.05) is 32.0 Å². The molecule has 29 heavy (non-hydrogen) atoms. The van der Waals surface area contributed by atoms with Crippen molar-refractivity contribution < 1.29 is 9.53 Å². The van der Waals surface area contributed by atoms with Crippen LogP contribution in [-0.2, 0) is 4.79 Å². The smallest absolute Gasteiger partial charge is 0.266 e. The topological polar surface area (TPSA) is 65.4 Å². The Morgan fingerprint density at radius 2 is 1.79 bits per heavy atom. The van der Waals surface area contributed by atoms with Gasteiger partial charge in [-0.25, -0.2) is 0 Å². The van der Waals surface area contributed by atoms with Crippen LogP contribution in [0.2, 0.25) is 0 Å². The highest BCUT2D eigenvalue weighted by atomic mass is 16.5. The lowest BCUT2D eigenvalue weighted by Gasteiger charge is -2.23. The average Bonchev–Trinajstić information content (AvgIpc) is 2.72. The molecule has 0 fully saturated rings. The third-order valence-corrected chi connectivity index (χ3v) is 4.52. The molecule has 0 spiro atoms. The largest absolute Gasteiger partial charge is 0.495 e. The standard InChI is InChI=1S/C24H29N3O2/c1-5-13-27(14-6-2)21-10-8-19(9-11-21)16-20(17-25)24(28)26-22-15-18(3)7-12-23(22)29-4/h7-12,15-16H,5-6,13-14H2,1-4H3,(H,26,28)/b20-16+. The normalized spacial score (nSPS) is 10.9. The van der Waals surface area contributed by atoms with Crippen LogP contribution in [0.25, 0.3) is 6.08 Å². The Hall–Kier alpha value is -3.26. The van der Waals surface area contributed by atoms with E-state index in [0.717, 1.165) is 42.7 Å². The summed E-state index contributed by atoms with van der Waals surface area (Å²) in [7, 11) is 1.54. The Balaban J connectivity index is 2.20. The van der Waals surface area contributed by atoms with Crippen LogP contribution >= 0.6 is 0 Å². The van der Waals surface area contributed by atoms with Crippen molar-refractivity contribution in [3.05, 3.63) is 59.2 Å². The van der Waals surface area contributed by atoms with Crippen molar-refractivity contribution in [1.29, 1.82) is 5.26 Å². The fourth-order valence-corrected chi connectivity index (χ4v) is 3.12. The van der Waals surface area contributed by atoms with Crippen LogP contribution in [0.1, 0.15) is 37.8 Å². The summed E-state index contributed by atoms with van der Waals surface area (Å²) in [6, 6.07) is 15.4. The molecule has 0 aliphatic heterocycles. The van der Waals surface area contributed by atoms with Gasteiger partial charge in [-0.3, -0.25) is 4.79 Å². The maximum atomic E-state index is 12.6. The highest BCUT2D eigenvalue weighted by Gasteiger charge is 2.13. The monoisotopic (exact) mass is 391 g/mol. The highest BCUT2D eigenvalue weighted by Crippen LogP contribution is 2.26. The van der Waals surface area contributed by atoms with E-state index in [-0.39, 0.29) is 5.57 Å². The van der Waals surface area contributed by atoms with Gasteiger partial charge in [0.25, 0.3) is 5.91 Å². The SMILES string of the molecule is CCCN(CCC)c1ccc(/C=C(\C#N)C(=O)Nc2cc(C)ccc2OC)cc1. The molecule has 0 unspecified atom stereocenters. The van der Waals surface area contributed by atoms with Gasteiger partial charge in [0.2, 0.25) is 0 Å². The number of rotatable bonds is 9. The maximum absolute atomic E-state index is 12.6. The third-order valence-electron chi connectivity index (χ3n) is 4.52. The van der Waals surface area contributed by atoms with Gasteiger partial charge < -0.3 is 15.0 Å². The van der Waals surface area contributed by atoms with Crippen molar-refractivity contribution in [3.63, 3.8) is 0 Å². The fraction of sp³-hybridized carbons (Fsp3) is 0.333. The van der Waals surface area contributed by atoms with Gasteiger partial charge in [0.1, 0.15) is 17.4 Å². The number of nitrogens with one attached hydrogen (secondary N) is 1. The Labute approximate surface area is 173 Å². The molecule has 5 heteroatoms. The lowest BCUT2D eigenvalue weighted by atomic mass is 10.1. The van der Waals surface area contributed by atoms with Crippen molar-refractivity contribution >= 4 is 23.4 Å². The molecule has 2 aromatic carbocycles. The van der Waals surface area contributed by atoms with Crippen molar-refractivity contribution in [3.8, 4) is 11.8 Å². The van der Waals surface area contributed by atoms with E-state index in [0.29, 0.717) is 11.4 Å². The van der Waals surface area contributed by atoms with E-state index < -0.39 is 5.91 Å². The molecule has 0 aliphatic carbocycles. The summed E-state index contributed by atoms with van der Waals surface area (Å²) in [5.74, 6) is 0.0941. The Morgan fingerprint density at radius 1 is 1.14 bits per heavy atom. The maximum Gasteiger partial charge on any atom is 0.266 e. The molecule has 1 amide bonds. The number of hydrogen-bond acceptors (Lipinski definition) is 4. The summed E-state index contributed by atoms with van der Waals surface area (Å²) in [5, 5.41) is 12.3. The highest BCUT2D eigenvalue weighted by molar-refractivity contribution is 6.10. The number of methoxy groups -OCH3 is 1. The van der Waals surface area contributed by atoms with Gasteiger partial charge in [-0.05, 0) is 61.2 Å². The van der Waals surface area contributed by atoms with E-state index >= 15 is 0 Å². The van der Waals surface area contributed by atoms with Gasteiger partial charge in [0.05, 0.1) is 12.8 Å². The minimum atomic E-state index is -0.459. The molecular formula is C24H29N3O2. The molecule has 0 atom stereocenters. The zero-order valence-electron chi connectivity index (χ0n) is 17.7. The molecular weight excluding hydrogens is 362 g/mol. The fourth-order valence-electron chi connectivity index (χ4n) is 3.12. The number of benzene rings is 2. The summed E-state index contributed by atoms with van der Waals surface area (Å²) < 4.78 is 5.29. The molecule has 0 saturated heterocycles. The van der Waals surface area contributed by atoms with Gasteiger partial charge in [-0.15, -0.1) is 0 Å². The molecule has 2 rings (SSSR count). The van der Waals surface area contributed by atoms with E-state index in [1.165, 1.54) is 0 Å².